The van der Waals surface area contributed by atoms with E-state index < -0.39 is 4.92 Å². The molecule has 0 saturated heterocycles. The molecule has 17 heavy (non-hydrogen) atoms. The van der Waals surface area contributed by atoms with E-state index in [1.165, 1.54) is 10.9 Å². The molecule has 1 aromatic rings. The lowest BCUT2D eigenvalue weighted by atomic mass is 10.2. The first kappa shape index (κ1) is 13.1. The molecule has 1 rings (SSSR count). The molecule has 0 saturated carbocycles. The van der Waals surface area contributed by atoms with Crippen LogP contribution >= 0.6 is 0 Å². The van der Waals surface area contributed by atoms with E-state index in [9.17, 15) is 14.9 Å². The lowest BCUT2D eigenvalue weighted by molar-refractivity contribution is -0.385. The van der Waals surface area contributed by atoms with Crippen molar-refractivity contribution in [3.8, 4) is 0 Å². The smallest absolute Gasteiger partial charge is 0.307 e. The highest BCUT2D eigenvalue weighted by atomic mass is 16.6. The molecular formula is C9H14N4O4. The molecule has 0 radical (unpaired) electrons. The number of hydrogen-bond donors (Lipinski definition) is 2. The minimum absolute atomic E-state index is 0.00527. The van der Waals surface area contributed by atoms with Crippen LogP contribution in [0.1, 0.15) is 13.3 Å². The maximum absolute atomic E-state index is 11.5. The minimum atomic E-state index is -0.574. The minimum Gasteiger partial charge on any atom is -0.396 e. The average Bonchev–Trinajstić information content (AvgIpc) is 2.66. The van der Waals surface area contributed by atoms with Crippen LogP contribution in [0.25, 0.3) is 0 Å². The van der Waals surface area contributed by atoms with Gasteiger partial charge in [-0.15, -0.1) is 0 Å². The first-order chi connectivity index (χ1) is 8.02. The molecule has 1 aromatic heterocycles. The molecule has 0 aliphatic rings. The Kier molecular flexibility index (Phi) is 4.58. The van der Waals surface area contributed by atoms with Crippen molar-refractivity contribution >= 4 is 11.6 Å². The van der Waals surface area contributed by atoms with Crippen LogP contribution in [0, 0.1) is 10.1 Å². The van der Waals surface area contributed by atoms with Crippen LogP contribution in [-0.2, 0) is 11.3 Å². The van der Waals surface area contributed by atoms with Crippen molar-refractivity contribution in [2.45, 2.75) is 25.9 Å². The molecule has 0 fully saturated rings. The monoisotopic (exact) mass is 242 g/mol. The molecule has 8 heteroatoms. The molecule has 0 aliphatic carbocycles. The fourth-order valence-corrected chi connectivity index (χ4v) is 1.27. The molecule has 0 spiro atoms. The molecule has 1 atom stereocenters. The number of aliphatic hydroxyl groups is 1. The number of rotatable bonds is 6. The number of nitrogens with one attached hydrogen (secondary N) is 1. The van der Waals surface area contributed by atoms with E-state index in [4.69, 9.17) is 5.11 Å². The van der Waals surface area contributed by atoms with Gasteiger partial charge in [0.2, 0.25) is 5.91 Å². The Hall–Kier alpha value is -1.96. The van der Waals surface area contributed by atoms with Crippen LogP contribution in [0.3, 0.4) is 0 Å². The van der Waals surface area contributed by atoms with Gasteiger partial charge in [-0.1, -0.05) is 0 Å². The normalized spacial score (nSPS) is 12.1. The van der Waals surface area contributed by atoms with Crippen LogP contribution in [0.4, 0.5) is 5.69 Å². The molecule has 0 aromatic carbocycles. The molecule has 0 aliphatic heterocycles. The number of nitrogens with zero attached hydrogens (tertiary/aromatic N) is 3. The Morgan fingerprint density at radius 1 is 1.76 bits per heavy atom. The Bertz CT molecular complexity index is 403. The van der Waals surface area contributed by atoms with Gasteiger partial charge in [0.1, 0.15) is 18.9 Å². The highest BCUT2D eigenvalue weighted by Gasteiger charge is 2.12. The Labute approximate surface area is 97.4 Å². The molecule has 1 heterocycles. The number of aromatic nitrogens is 2. The van der Waals surface area contributed by atoms with Gasteiger partial charge in [-0.3, -0.25) is 19.6 Å². The average molecular weight is 242 g/mol. The third-order valence-electron chi connectivity index (χ3n) is 2.11. The zero-order valence-corrected chi connectivity index (χ0v) is 9.37. The molecule has 2 N–H and O–H groups in total. The zero-order chi connectivity index (χ0) is 12.8. The van der Waals surface area contributed by atoms with Crippen molar-refractivity contribution in [1.29, 1.82) is 0 Å². The van der Waals surface area contributed by atoms with Crippen molar-refractivity contribution in [2.75, 3.05) is 6.61 Å². The van der Waals surface area contributed by atoms with E-state index in [1.807, 2.05) is 0 Å². The van der Waals surface area contributed by atoms with Crippen LogP contribution in [-0.4, -0.2) is 38.4 Å². The van der Waals surface area contributed by atoms with Crippen molar-refractivity contribution in [1.82, 2.24) is 15.1 Å². The van der Waals surface area contributed by atoms with Crippen LogP contribution in [0.15, 0.2) is 12.4 Å². The Morgan fingerprint density at radius 2 is 2.47 bits per heavy atom. The van der Waals surface area contributed by atoms with Crippen molar-refractivity contribution < 1.29 is 14.8 Å². The number of hydrogen-bond acceptors (Lipinski definition) is 5. The summed E-state index contributed by atoms with van der Waals surface area (Å²) in [5.74, 6) is -0.302. The lowest BCUT2D eigenvalue weighted by Crippen LogP contribution is -2.35. The molecule has 0 bridgehead atoms. The molecule has 94 valence electrons. The van der Waals surface area contributed by atoms with Gasteiger partial charge >= 0.3 is 5.69 Å². The summed E-state index contributed by atoms with van der Waals surface area (Å²) in [6.07, 6.45) is 2.74. The second-order valence-corrected chi connectivity index (χ2v) is 3.63. The lowest BCUT2D eigenvalue weighted by Gasteiger charge is -2.11. The van der Waals surface area contributed by atoms with Gasteiger partial charge in [-0.2, -0.15) is 5.10 Å². The van der Waals surface area contributed by atoms with Crippen molar-refractivity contribution in [2.24, 2.45) is 0 Å². The largest absolute Gasteiger partial charge is 0.396 e. The van der Waals surface area contributed by atoms with E-state index in [0.29, 0.717) is 6.42 Å². The van der Waals surface area contributed by atoms with Gasteiger partial charge in [-0.05, 0) is 13.3 Å². The molecule has 1 unspecified atom stereocenters. The van der Waals surface area contributed by atoms with Gasteiger partial charge < -0.3 is 10.4 Å². The Morgan fingerprint density at radius 3 is 3.00 bits per heavy atom. The first-order valence-corrected chi connectivity index (χ1v) is 5.10. The Balaban J connectivity index is 2.47. The van der Waals surface area contributed by atoms with Gasteiger partial charge in [0.05, 0.1) is 4.92 Å². The number of carbonyl (C=O) groups excluding carboxylic acids is 1. The zero-order valence-electron chi connectivity index (χ0n) is 9.37. The number of aliphatic hydroxyl groups excluding tert-OH is 1. The topological polar surface area (TPSA) is 110 Å². The number of carbonyl (C=O) groups is 1. The maximum Gasteiger partial charge on any atom is 0.307 e. The van der Waals surface area contributed by atoms with Crippen molar-refractivity contribution in [3.63, 3.8) is 0 Å². The summed E-state index contributed by atoms with van der Waals surface area (Å²) in [6, 6.07) is -0.141. The van der Waals surface area contributed by atoms with E-state index in [0.717, 1.165) is 6.20 Å². The highest BCUT2D eigenvalue weighted by Crippen LogP contribution is 2.07. The van der Waals surface area contributed by atoms with Crippen LogP contribution in [0.2, 0.25) is 0 Å². The van der Waals surface area contributed by atoms with Gasteiger partial charge in [0, 0.05) is 12.6 Å². The summed E-state index contributed by atoms with van der Waals surface area (Å²) in [5.41, 5.74) is -0.152. The van der Waals surface area contributed by atoms with E-state index in [2.05, 4.69) is 10.4 Å². The molecule has 1 amide bonds. The quantitative estimate of drug-likeness (QED) is 0.524. The number of amides is 1. The standard InChI is InChI=1S/C9H14N4O4/c1-7(2-3-14)11-9(15)6-12-5-8(4-10-12)13(16)17/h4-5,7,14H,2-3,6H2,1H3,(H,11,15). The fourth-order valence-electron chi connectivity index (χ4n) is 1.27. The summed E-state index contributed by atoms with van der Waals surface area (Å²) >= 11 is 0. The SMILES string of the molecule is CC(CCO)NC(=O)Cn1cc([N+](=O)[O-])cn1. The van der Waals surface area contributed by atoms with Crippen LogP contribution < -0.4 is 5.32 Å². The highest BCUT2D eigenvalue weighted by molar-refractivity contribution is 5.75. The van der Waals surface area contributed by atoms with E-state index >= 15 is 0 Å². The predicted octanol–water partition coefficient (Wildman–Crippen LogP) is -0.322. The summed E-state index contributed by atoms with van der Waals surface area (Å²) in [5, 5.41) is 25.4. The van der Waals surface area contributed by atoms with Crippen molar-refractivity contribution in [3.05, 3.63) is 22.5 Å². The second-order valence-electron chi connectivity index (χ2n) is 3.63. The second kappa shape index (κ2) is 5.94. The van der Waals surface area contributed by atoms with Gasteiger partial charge in [-0.25, -0.2) is 0 Å². The van der Waals surface area contributed by atoms with E-state index in [-0.39, 0.29) is 30.8 Å². The third kappa shape index (κ3) is 4.19. The first-order valence-electron chi connectivity index (χ1n) is 5.10. The summed E-state index contributed by atoms with van der Waals surface area (Å²) in [4.78, 5) is 21.3. The van der Waals surface area contributed by atoms with E-state index in [1.54, 1.807) is 6.92 Å². The third-order valence-corrected chi connectivity index (χ3v) is 2.11. The predicted molar refractivity (Wildman–Crippen MR) is 58.2 cm³/mol. The van der Waals surface area contributed by atoms with Gasteiger partial charge in [0.25, 0.3) is 0 Å². The molecular weight excluding hydrogens is 228 g/mol. The van der Waals surface area contributed by atoms with Crippen LogP contribution in [0.5, 0.6) is 0 Å². The summed E-state index contributed by atoms with van der Waals surface area (Å²) in [6.45, 7) is 1.68. The molecule has 8 nitrogen and oxygen atoms in total. The summed E-state index contributed by atoms with van der Waals surface area (Å²) in [7, 11) is 0. The summed E-state index contributed by atoms with van der Waals surface area (Å²) < 4.78 is 1.19. The number of nitro groups is 1. The maximum atomic E-state index is 11.5. The van der Waals surface area contributed by atoms with Gasteiger partial charge in [0.15, 0.2) is 0 Å². The fraction of sp³-hybridized carbons (Fsp3) is 0.556.